The zero-order valence-corrected chi connectivity index (χ0v) is 12.9. The average molecular weight is 258 g/mol. The molecule has 0 radical (unpaired) electrons. The van der Waals surface area contributed by atoms with Gasteiger partial charge in [0.25, 0.3) is 0 Å². The standard InChI is InChI=1S/C14H30N2S/c1-5-13(6-2)16(11-12(3)4)10-8-7-9-14(15)17/h12-13H,5-11H2,1-4H3,(H2,15,17). The highest BCUT2D eigenvalue weighted by molar-refractivity contribution is 7.80. The molecule has 0 aromatic rings. The molecule has 0 aromatic carbocycles. The Morgan fingerprint density at radius 3 is 2.18 bits per heavy atom. The summed E-state index contributed by atoms with van der Waals surface area (Å²) in [6, 6.07) is 0.738. The molecule has 0 spiro atoms. The molecule has 0 aliphatic carbocycles. The molecule has 3 heteroatoms. The summed E-state index contributed by atoms with van der Waals surface area (Å²) in [6.07, 6.45) is 5.73. The topological polar surface area (TPSA) is 29.3 Å². The number of nitrogens with two attached hydrogens (primary N) is 1. The molecule has 17 heavy (non-hydrogen) atoms. The summed E-state index contributed by atoms with van der Waals surface area (Å²) in [5.41, 5.74) is 5.52. The van der Waals surface area contributed by atoms with Gasteiger partial charge in [-0.25, -0.2) is 0 Å². The summed E-state index contributed by atoms with van der Waals surface area (Å²) in [4.78, 5) is 3.30. The summed E-state index contributed by atoms with van der Waals surface area (Å²) >= 11 is 4.91. The van der Waals surface area contributed by atoms with Gasteiger partial charge in [-0.2, -0.15) is 0 Å². The van der Waals surface area contributed by atoms with Gasteiger partial charge in [-0.15, -0.1) is 0 Å². The minimum atomic E-state index is 0.656. The number of hydrogen-bond acceptors (Lipinski definition) is 2. The summed E-state index contributed by atoms with van der Waals surface area (Å²) in [7, 11) is 0. The van der Waals surface area contributed by atoms with E-state index < -0.39 is 0 Å². The van der Waals surface area contributed by atoms with Crippen molar-refractivity contribution >= 4 is 17.2 Å². The lowest BCUT2D eigenvalue weighted by atomic mass is 10.1. The first kappa shape index (κ1) is 16.9. The third-order valence-corrected chi connectivity index (χ3v) is 3.38. The molecule has 0 heterocycles. The smallest absolute Gasteiger partial charge is 0.0727 e. The van der Waals surface area contributed by atoms with E-state index in [1.165, 1.54) is 32.4 Å². The predicted octanol–water partition coefficient (Wildman–Crippen LogP) is 3.59. The van der Waals surface area contributed by atoms with E-state index in [0.717, 1.165) is 24.8 Å². The Kier molecular flexibility index (Phi) is 9.75. The van der Waals surface area contributed by atoms with E-state index in [1.807, 2.05) is 0 Å². The van der Waals surface area contributed by atoms with E-state index in [1.54, 1.807) is 0 Å². The molecule has 0 saturated carbocycles. The van der Waals surface area contributed by atoms with Crippen LogP contribution in [-0.4, -0.2) is 29.0 Å². The maximum Gasteiger partial charge on any atom is 0.0727 e. The van der Waals surface area contributed by atoms with Crippen LogP contribution in [0.2, 0.25) is 0 Å². The molecule has 102 valence electrons. The quantitative estimate of drug-likeness (QED) is 0.479. The van der Waals surface area contributed by atoms with Crippen molar-refractivity contribution in [2.45, 2.75) is 65.8 Å². The van der Waals surface area contributed by atoms with Gasteiger partial charge in [0.1, 0.15) is 0 Å². The fourth-order valence-corrected chi connectivity index (χ4v) is 2.46. The molecule has 0 aliphatic rings. The first-order valence-electron chi connectivity index (χ1n) is 7.03. The highest BCUT2D eigenvalue weighted by Crippen LogP contribution is 2.13. The zero-order valence-electron chi connectivity index (χ0n) is 12.0. The maximum absolute atomic E-state index is 5.52. The maximum atomic E-state index is 5.52. The Morgan fingerprint density at radius 2 is 1.76 bits per heavy atom. The molecule has 0 aliphatic heterocycles. The molecular formula is C14H30N2S. The first-order chi connectivity index (χ1) is 8.01. The average Bonchev–Trinajstić information content (AvgIpc) is 2.24. The van der Waals surface area contributed by atoms with Crippen molar-refractivity contribution in [1.82, 2.24) is 4.90 Å². The van der Waals surface area contributed by atoms with Gasteiger partial charge in [-0.05, 0) is 44.6 Å². The molecule has 2 N–H and O–H groups in total. The largest absolute Gasteiger partial charge is 0.393 e. The van der Waals surface area contributed by atoms with Crippen LogP contribution < -0.4 is 5.73 Å². The van der Waals surface area contributed by atoms with Crippen LogP contribution in [0.4, 0.5) is 0 Å². The SMILES string of the molecule is CCC(CC)N(CCCCC(N)=S)CC(C)C. The van der Waals surface area contributed by atoms with Crippen molar-refractivity contribution in [3.63, 3.8) is 0 Å². The molecule has 0 rings (SSSR count). The summed E-state index contributed by atoms with van der Waals surface area (Å²) in [5.74, 6) is 0.742. The van der Waals surface area contributed by atoms with E-state index in [-0.39, 0.29) is 0 Å². The molecular weight excluding hydrogens is 228 g/mol. The fraction of sp³-hybridized carbons (Fsp3) is 0.929. The minimum absolute atomic E-state index is 0.656. The highest BCUT2D eigenvalue weighted by atomic mass is 32.1. The normalized spacial score (nSPS) is 11.7. The van der Waals surface area contributed by atoms with Crippen LogP contribution in [0.15, 0.2) is 0 Å². The van der Waals surface area contributed by atoms with Gasteiger partial charge >= 0.3 is 0 Å². The van der Waals surface area contributed by atoms with Crippen molar-refractivity contribution in [3.8, 4) is 0 Å². The number of hydrogen-bond donors (Lipinski definition) is 1. The Morgan fingerprint density at radius 1 is 1.18 bits per heavy atom. The van der Waals surface area contributed by atoms with Gasteiger partial charge in [0, 0.05) is 12.6 Å². The second-order valence-electron chi connectivity index (χ2n) is 5.28. The van der Waals surface area contributed by atoms with Crippen LogP contribution in [0.1, 0.15) is 59.8 Å². The van der Waals surface area contributed by atoms with Gasteiger partial charge in [0.15, 0.2) is 0 Å². The van der Waals surface area contributed by atoms with Crippen LogP contribution in [0.25, 0.3) is 0 Å². The molecule has 0 saturated heterocycles. The Bertz CT molecular complexity index is 200. The Hall–Kier alpha value is -0.150. The molecule has 0 fully saturated rings. The van der Waals surface area contributed by atoms with Gasteiger partial charge < -0.3 is 10.6 Å². The van der Waals surface area contributed by atoms with Crippen LogP contribution in [-0.2, 0) is 0 Å². The van der Waals surface area contributed by atoms with Crippen molar-refractivity contribution in [3.05, 3.63) is 0 Å². The Labute approximate surface area is 113 Å². The zero-order chi connectivity index (χ0) is 13.3. The second kappa shape index (κ2) is 9.84. The number of thiocarbonyl (C=S) groups is 1. The fourth-order valence-electron chi connectivity index (χ4n) is 2.31. The lowest BCUT2D eigenvalue weighted by Gasteiger charge is -2.32. The van der Waals surface area contributed by atoms with Crippen LogP contribution in [0, 0.1) is 5.92 Å². The lowest BCUT2D eigenvalue weighted by Crippen LogP contribution is -2.38. The molecule has 0 aromatic heterocycles. The predicted molar refractivity (Wildman–Crippen MR) is 81.4 cm³/mol. The van der Waals surface area contributed by atoms with Crippen molar-refractivity contribution in [1.29, 1.82) is 0 Å². The van der Waals surface area contributed by atoms with Gasteiger partial charge in [-0.3, -0.25) is 0 Å². The van der Waals surface area contributed by atoms with E-state index >= 15 is 0 Å². The Balaban J connectivity index is 4.05. The molecule has 2 nitrogen and oxygen atoms in total. The molecule has 0 unspecified atom stereocenters. The summed E-state index contributed by atoms with van der Waals surface area (Å²) in [5, 5.41) is 0. The van der Waals surface area contributed by atoms with E-state index in [9.17, 15) is 0 Å². The van der Waals surface area contributed by atoms with Gasteiger partial charge in [0.05, 0.1) is 4.99 Å². The van der Waals surface area contributed by atoms with E-state index in [0.29, 0.717) is 4.99 Å². The lowest BCUT2D eigenvalue weighted by molar-refractivity contribution is 0.163. The first-order valence-corrected chi connectivity index (χ1v) is 7.44. The molecule has 0 bridgehead atoms. The van der Waals surface area contributed by atoms with Gasteiger partial charge in [0.2, 0.25) is 0 Å². The third-order valence-electron chi connectivity index (χ3n) is 3.18. The second-order valence-corrected chi connectivity index (χ2v) is 5.81. The van der Waals surface area contributed by atoms with E-state index in [4.69, 9.17) is 18.0 Å². The monoisotopic (exact) mass is 258 g/mol. The van der Waals surface area contributed by atoms with Crippen molar-refractivity contribution in [2.24, 2.45) is 11.7 Å². The van der Waals surface area contributed by atoms with E-state index in [2.05, 4.69) is 32.6 Å². The minimum Gasteiger partial charge on any atom is -0.393 e. The van der Waals surface area contributed by atoms with Gasteiger partial charge in [-0.1, -0.05) is 39.9 Å². The van der Waals surface area contributed by atoms with Crippen molar-refractivity contribution in [2.75, 3.05) is 13.1 Å². The number of rotatable bonds is 10. The third kappa shape index (κ3) is 8.56. The molecule has 0 atom stereocenters. The van der Waals surface area contributed by atoms with Crippen LogP contribution >= 0.6 is 12.2 Å². The van der Waals surface area contributed by atoms with Crippen LogP contribution in [0.3, 0.4) is 0 Å². The summed E-state index contributed by atoms with van der Waals surface area (Å²) < 4.78 is 0. The highest BCUT2D eigenvalue weighted by Gasteiger charge is 2.15. The molecule has 0 amide bonds. The number of unbranched alkanes of at least 4 members (excludes halogenated alkanes) is 1. The van der Waals surface area contributed by atoms with Crippen molar-refractivity contribution < 1.29 is 0 Å². The van der Waals surface area contributed by atoms with Crippen LogP contribution in [0.5, 0.6) is 0 Å². The summed E-state index contributed by atoms with van der Waals surface area (Å²) in [6.45, 7) is 11.6. The number of nitrogens with zero attached hydrogens (tertiary/aromatic N) is 1.